The SMILES string of the molecule is Cc1ccc(C)n1-n1c(CN2CCCC[C@@H]2C)nnc1CN1CCCC[C@@H]1C. The van der Waals surface area contributed by atoms with E-state index >= 15 is 0 Å². The Morgan fingerprint density at radius 3 is 1.64 bits per heavy atom. The summed E-state index contributed by atoms with van der Waals surface area (Å²) in [4.78, 5) is 5.15. The lowest BCUT2D eigenvalue weighted by Crippen LogP contribution is -2.39. The Balaban J connectivity index is 1.67. The summed E-state index contributed by atoms with van der Waals surface area (Å²) in [6.45, 7) is 13.1. The van der Waals surface area contributed by atoms with Gasteiger partial charge in [-0.1, -0.05) is 12.8 Å². The van der Waals surface area contributed by atoms with Crippen molar-refractivity contribution in [3.63, 3.8) is 0 Å². The molecule has 4 heterocycles. The Bertz CT molecular complexity index is 730. The lowest BCUT2D eigenvalue weighted by Gasteiger charge is -2.34. The summed E-state index contributed by atoms with van der Waals surface area (Å²) in [5.74, 6) is 2.13. The van der Waals surface area contributed by atoms with E-state index in [-0.39, 0.29) is 0 Å². The highest BCUT2D eigenvalue weighted by Gasteiger charge is 2.26. The molecule has 0 saturated carbocycles. The van der Waals surface area contributed by atoms with Crippen LogP contribution in [0.4, 0.5) is 0 Å². The van der Waals surface area contributed by atoms with Crippen molar-refractivity contribution in [1.82, 2.24) is 29.3 Å². The van der Waals surface area contributed by atoms with E-state index in [2.05, 4.69) is 59.0 Å². The van der Waals surface area contributed by atoms with Crippen LogP contribution >= 0.6 is 0 Å². The molecule has 0 bridgehead atoms. The molecular weight excluding hydrogens is 348 g/mol. The highest BCUT2D eigenvalue weighted by atomic mass is 15.5. The monoisotopic (exact) mass is 384 g/mol. The average Bonchev–Trinajstić information content (AvgIpc) is 3.21. The molecule has 2 aromatic heterocycles. The molecule has 2 aromatic rings. The van der Waals surface area contributed by atoms with E-state index in [9.17, 15) is 0 Å². The Kier molecular flexibility index (Phi) is 5.88. The van der Waals surface area contributed by atoms with Crippen LogP contribution in [-0.2, 0) is 13.1 Å². The molecule has 0 aromatic carbocycles. The molecule has 2 fully saturated rings. The Morgan fingerprint density at radius 2 is 1.21 bits per heavy atom. The topological polar surface area (TPSA) is 42.1 Å². The van der Waals surface area contributed by atoms with Crippen LogP contribution in [0.2, 0.25) is 0 Å². The highest BCUT2D eigenvalue weighted by Crippen LogP contribution is 2.22. The van der Waals surface area contributed by atoms with Crippen LogP contribution in [0.3, 0.4) is 0 Å². The van der Waals surface area contributed by atoms with Crippen LogP contribution in [-0.4, -0.2) is 54.5 Å². The first-order valence-corrected chi connectivity index (χ1v) is 11.1. The lowest BCUT2D eigenvalue weighted by molar-refractivity contribution is 0.141. The van der Waals surface area contributed by atoms with Crippen LogP contribution in [0.5, 0.6) is 0 Å². The number of hydrogen-bond donors (Lipinski definition) is 0. The van der Waals surface area contributed by atoms with Gasteiger partial charge in [0.2, 0.25) is 0 Å². The van der Waals surface area contributed by atoms with Crippen molar-refractivity contribution in [3.8, 4) is 0 Å². The van der Waals surface area contributed by atoms with Crippen LogP contribution in [0.1, 0.15) is 75.4 Å². The number of likely N-dealkylation sites (tertiary alicyclic amines) is 2. The Hall–Kier alpha value is -1.66. The fourth-order valence-electron chi connectivity index (χ4n) is 4.90. The fourth-order valence-corrected chi connectivity index (χ4v) is 4.90. The quantitative estimate of drug-likeness (QED) is 0.787. The van der Waals surface area contributed by atoms with Gasteiger partial charge in [0.25, 0.3) is 0 Å². The van der Waals surface area contributed by atoms with Crippen molar-refractivity contribution in [2.24, 2.45) is 0 Å². The van der Waals surface area contributed by atoms with Crippen molar-refractivity contribution >= 4 is 0 Å². The van der Waals surface area contributed by atoms with Crippen molar-refractivity contribution in [1.29, 1.82) is 0 Å². The smallest absolute Gasteiger partial charge is 0.167 e. The van der Waals surface area contributed by atoms with Gasteiger partial charge in [-0.25, -0.2) is 4.68 Å². The molecule has 6 nitrogen and oxygen atoms in total. The summed E-state index contributed by atoms with van der Waals surface area (Å²) in [6.07, 6.45) is 7.84. The molecule has 0 spiro atoms. The molecule has 4 rings (SSSR count). The predicted molar refractivity (Wildman–Crippen MR) is 112 cm³/mol. The number of rotatable bonds is 5. The number of hydrogen-bond acceptors (Lipinski definition) is 4. The van der Waals surface area contributed by atoms with Crippen molar-refractivity contribution < 1.29 is 0 Å². The second-order valence-corrected chi connectivity index (χ2v) is 8.90. The molecule has 2 aliphatic rings. The molecule has 0 amide bonds. The summed E-state index contributed by atoms with van der Waals surface area (Å²) >= 11 is 0. The summed E-state index contributed by atoms with van der Waals surface area (Å²) in [6, 6.07) is 5.62. The molecule has 154 valence electrons. The molecule has 28 heavy (non-hydrogen) atoms. The van der Waals surface area contributed by atoms with Gasteiger partial charge >= 0.3 is 0 Å². The van der Waals surface area contributed by atoms with Crippen molar-refractivity contribution in [3.05, 3.63) is 35.2 Å². The van der Waals surface area contributed by atoms with Crippen LogP contribution < -0.4 is 0 Å². The molecule has 0 unspecified atom stereocenters. The maximum absolute atomic E-state index is 4.70. The predicted octanol–water partition coefficient (Wildman–Crippen LogP) is 3.76. The summed E-state index contributed by atoms with van der Waals surface area (Å²) in [5.41, 5.74) is 2.47. The van der Waals surface area contributed by atoms with E-state index in [1.807, 2.05) is 0 Å². The van der Waals surface area contributed by atoms with Gasteiger partial charge in [0.15, 0.2) is 11.6 Å². The van der Waals surface area contributed by atoms with E-state index in [0.29, 0.717) is 12.1 Å². The van der Waals surface area contributed by atoms with Gasteiger partial charge in [-0.3, -0.25) is 14.5 Å². The van der Waals surface area contributed by atoms with Crippen LogP contribution in [0.15, 0.2) is 12.1 Å². The van der Waals surface area contributed by atoms with Gasteiger partial charge in [-0.15, -0.1) is 10.2 Å². The molecule has 2 saturated heterocycles. The highest BCUT2D eigenvalue weighted by molar-refractivity contribution is 5.16. The van der Waals surface area contributed by atoms with E-state index in [0.717, 1.165) is 37.8 Å². The summed E-state index contributed by atoms with van der Waals surface area (Å²) in [5, 5.41) is 9.39. The Morgan fingerprint density at radius 1 is 0.750 bits per heavy atom. The van der Waals surface area contributed by atoms with Crippen LogP contribution in [0, 0.1) is 13.8 Å². The average molecular weight is 385 g/mol. The number of aromatic nitrogens is 4. The minimum Gasteiger partial charge on any atom is -0.293 e. The minimum atomic E-state index is 0.622. The van der Waals surface area contributed by atoms with Gasteiger partial charge < -0.3 is 0 Å². The standard InChI is InChI=1S/C22H36N6/c1-17-9-5-7-13-25(17)15-21-23-24-22(16-26-14-8-6-10-18(26)2)28(21)27-19(3)11-12-20(27)4/h11-12,17-18H,5-10,13-16H2,1-4H3/t17-,18-/m0/s1. The third-order valence-electron chi connectivity index (χ3n) is 6.77. The molecule has 0 radical (unpaired) electrons. The van der Waals surface area contributed by atoms with E-state index in [4.69, 9.17) is 10.2 Å². The van der Waals surface area contributed by atoms with Gasteiger partial charge in [-0.05, 0) is 78.6 Å². The number of piperidine rings is 2. The largest absolute Gasteiger partial charge is 0.293 e. The third-order valence-corrected chi connectivity index (χ3v) is 6.77. The van der Waals surface area contributed by atoms with Crippen LogP contribution in [0.25, 0.3) is 0 Å². The van der Waals surface area contributed by atoms with E-state index in [1.165, 1.54) is 49.9 Å². The first-order valence-electron chi connectivity index (χ1n) is 11.1. The third kappa shape index (κ3) is 3.90. The zero-order valence-electron chi connectivity index (χ0n) is 18.1. The fraction of sp³-hybridized carbons (Fsp3) is 0.727. The molecule has 2 aliphatic heterocycles. The van der Waals surface area contributed by atoms with Crippen molar-refractivity contribution in [2.75, 3.05) is 13.1 Å². The molecule has 6 heteroatoms. The molecule has 2 atom stereocenters. The minimum absolute atomic E-state index is 0.622. The zero-order valence-corrected chi connectivity index (χ0v) is 18.1. The maximum atomic E-state index is 4.70. The summed E-state index contributed by atoms with van der Waals surface area (Å²) in [7, 11) is 0. The normalized spacial score (nSPS) is 24.7. The zero-order chi connectivity index (χ0) is 19.7. The van der Waals surface area contributed by atoms with E-state index < -0.39 is 0 Å². The first-order chi connectivity index (χ1) is 13.5. The second-order valence-electron chi connectivity index (χ2n) is 8.90. The van der Waals surface area contributed by atoms with E-state index in [1.54, 1.807) is 0 Å². The number of nitrogens with zero attached hydrogens (tertiary/aromatic N) is 6. The molecule has 0 aliphatic carbocycles. The van der Waals surface area contributed by atoms with Crippen molar-refractivity contribution in [2.45, 2.75) is 91.4 Å². The number of aryl methyl sites for hydroxylation is 2. The first kappa shape index (κ1) is 19.6. The van der Waals surface area contributed by atoms with Gasteiger partial charge in [0, 0.05) is 23.5 Å². The Labute approximate surface area is 169 Å². The maximum Gasteiger partial charge on any atom is 0.167 e. The molecule has 0 N–H and O–H groups in total. The molecular formula is C22H36N6. The lowest BCUT2D eigenvalue weighted by atomic mass is 10.0. The van der Waals surface area contributed by atoms with Gasteiger partial charge in [-0.2, -0.15) is 0 Å². The van der Waals surface area contributed by atoms with Gasteiger partial charge in [0.1, 0.15) is 0 Å². The second kappa shape index (κ2) is 8.37. The van der Waals surface area contributed by atoms with Gasteiger partial charge in [0.05, 0.1) is 13.1 Å². The summed E-state index contributed by atoms with van der Waals surface area (Å²) < 4.78 is 4.60.